The second-order valence-corrected chi connectivity index (χ2v) is 4.73. The molecule has 0 aliphatic carbocycles. The Hall–Kier alpha value is -3.33. The Morgan fingerprint density at radius 1 is 1.17 bits per heavy atom. The summed E-state index contributed by atoms with van der Waals surface area (Å²) in [6.07, 6.45) is 1.31. The molecule has 5 nitrogen and oxygen atoms in total. The molecule has 0 saturated carbocycles. The number of nitriles is 1. The molecule has 1 amide bonds. The van der Waals surface area contributed by atoms with Crippen LogP contribution >= 0.6 is 0 Å². The van der Waals surface area contributed by atoms with E-state index in [0.29, 0.717) is 18.0 Å². The van der Waals surface area contributed by atoms with E-state index in [1.54, 1.807) is 24.3 Å². The van der Waals surface area contributed by atoms with Gasteiger partial charge >= 0.3 is 0 Å². The summed E-state index contributed by atoms with van der Waals surface area (Å²) in [4.78, 5) is 12.0. The number of hydrogen-bond donors (Lipinski definition) is 2. The molecule has 122 valence electrons. The average molecular weight is 325 g/mol. The Morgan fingerprint density at radius 3 is 2.38 bits per heavy atom. The highest BCUT2D eigenvalue weighted by molar-refractivity contribution is 6.06. The average Bonchev–Trinajstić information content (AvgIpc) is 2.59. The van der Waals surface area contributed by atoms with Gasteiger partial charge in [0.25, 0.3) is 5.91 Å². The Labute approximate surface area is 139 Å². The first-order chi connectivity index (χ1) is 11.6. The Bertz CT molecular complexity index is 762. The second kappa shape index (κ2) is 8.34. The lowest BCUT2D eigenvalue weighted by Gasteiger charge is -2.06. The van der Waals surface area contributed by atoms with Crippen LogP contribution in [0, 0.1) is 17.1 Å². The zero-order valence-electron chi connectivity index (χ0n) is 13.0. The number of carbonyl (C=O) groups is 1. The van der Waals surface area contributed by atoms with E-state index in [0.717, 1.165) is 5.75 Å². The normalized spacial score (nSPS) is 10.6. The molecule has 0 aromatic heterocycles. The van der Waals surface area contributed by atoms with Crippen molar-refractivity contribution in [2.45, 2.75) is 6.92 Å². The summed E-state index contributed by atoms with van der Waals surface area (Å²) in [5, 5.41) is 14.5. The molecule has 6 heteroatoms. The van der Waals surface area contributed by atoms with E-state index in [2.05, 4.69) is 10.6 Å². The molecule has 0 aliphatic rings. The fraction of sp³-hybridized carbons (Fsp3) is 0.111. The number of benzene rings is 2. The molecule has 0 spiro atoms. The van der Waals surface area contributed by atoms with Gasteiger partial charge < -0.3 is 15.4 Å². The zero-order valence-corrected chi connectivity index (χ0v) is 13.0. The lowest BCUT2D eigenvalue weighted by molar-refractivity contribution is -0.112. The molecule has 0 atom stereocenters. The summed E-state index contributed by atoms with van der Waals surface area (Å²) in [6, 6.07) is 14.2. The summed E-state index contributed by atoms with van der Waals surface area (Å²) in [5.74, 6) is -0.245. The van der Waals surface area contributed by atoms with E-state index in [-0.39, 0.29) is 5.57 Å². The molecule has 2 rings (SSSR count). The van der Waals surface area contributed by atoms with E-state index >= 15 is 0 Å². The van der Waals surface area contributed by atoms with Crippen LogP contribution in [0.2, 0.25) is 0 Å². The topological polar surface area (TPSA) is 74.1 Å². The SMILES string of the molecule is CCOc1ccc(N/C=C(/C#N)C(=O)Nc2ccc(F)cc2)cc1. The van der Waals surface area contributed by atoms with Crippen molar-refractivity contribution >= 4 is 17.3 Å². The second-order valence-electron chi connectivity index (χ2n) is 4.73. The molecule has 2 aromatic carbocycles. The van der Waals surface area contributed by atoms with Gasteiger partial charge in [-0.3, -0.25) is 4.79 Å². The molecular formula is C18H16FN3O2. The molecule has 0 aliphatic heterocycles. The summed E-state index contributed by atoms with van der Waals surface area (Å²) < 4.78 is 18.2. The first kappa shape index (κ1) is 17.0. The molecule has 0 bridgehead atoms. The molecule has 0 fully saturated rings. The van der Waals surface area contributed by atoms with Gasteiger partial charge in [-0.2, -0.15) is 5.26 Å². The quantitative estimate of drug-likeness (QED) is 0.627. The van der Waals surface area contributed by atoms with Gasteiger partial charge in [0.1, 0.15) is 23.2 Å². The number of rotatable bonds is 6. The molecule has 2 aromatic rings. The van der Waals surface area contributed by atoms with Crippen LogP contribution in [0.5, 0.6) is 5.75 Å². The summed E-state index contributed by atoms with van der Waals surface area (Å²) in [6.45, 7) is 2.47. The maximum atomic E-state index is 12.8. The van der Waals surface area contributed by atoms with Gasteiger partial charge in [-0.05, 0) is 55.5 Å². The van der Waals surface area contributed by atoms with Crippen molar-refractivity contribution < 1.29 is 13.9 Å². The first-order valence-corrected chi connectivity index (χ1v) is 7.29. The lowest BCUT2D eigenvalue weighted by Crippen LogP contribution is -2.14. The summed E-state index contributed by atoms with van der Waals surface area (Å²) in [5.41, 5.74) is 1.01. The number of carbonyl (C=O) groups excluding carboxylic acids is 1. The molecule has 0 saturated heterocycles. The van der Waals surface area contributed by atoms with Crippen molar-refractivity contribution in [3.05, 3.63) is 66.1 Å². The van der Waals surface area contributed by atoms with Crippen LogP contribution in [0.3, 0.4) is 0 Å². The number of hydrogen-bond acceptors (Lipinski definition) is 4. The number of nitrogens with one attached hydrogen (secondary N) is 2. The van der Waals surface area contributed by atoms with Crippen molar-refractivity contribution in [3.8, 4) is 11.8 Å². The highest BCUT2D eigenvalue weighted by atomic mass is 19.1. The van der Waals surface area contributed by atoms with E-state index in [9.17, 15) is 9.18 Å². The van der Waals surface area contributed by atoms with E-state index in [1.807, 2.05) is 13.0 Å². The van der Waals surface area contributed by atoms with Gasteiger partial charge in [0.2, 0.25) is 0 Å². The molecule has 0 unspecified atom stereocenters. The third kappa shape index (κ3) is 4.85. The Balaban J connectivity index is 2.01. The predicted molar refractivity (Wildman–Crippen MR) is 90.0 cm³/mol. The van der Waals surface area contributed by atoms with Crippen LogP contribution in [-0.4, -0.2) is 12.5 Å². The van der Waals surface area contributed by atoms with Crippen molar-refractivity contribution in [1.82, 2.24) is 0 Å². The number of amides is 1. The van der Waals surface area contributed by atoms with E-state index in [1.165, 1.54) is 30.5 Å². The van der Waals surface area contributed by atoms with Crippen LogP contribution in [0.15, 0.2) is 60.3 Å². The number of nitrogens with zero attached hydrogens (tertiary/aromatic N) is 1. The third-order valence-electron chi connectivity index (χ3n) is 3.02. The van der Waals surface area contributed by atoms with Gasteiger partial charge in [-0.25, -0.2) is 4.39 Å². The van der Waals surface area contributed by atoms with Crippen LogP contribution in [0.25, 0.3) is 0 Å². The minimum Gasteiger partial charge on any atom is -0.494 e. The predicted octanol–water partition coefficient (Wildman–Crippen LogP) is 3.68. The highest BCUT2D eigenvalue weighted by Crippen LogP contribution is 2.16. The van der Waals surface area contributed by atoms with Crippen molar-refractivity contribution in [2.75, 3.05) is 17.2 Å². The van der Waals surface area contributed by atoms with Crippen LogP contribution in [0.4, 0.5) is 15.8 Å². The first-order valence-electron chi connectivity index (χ1n) is 7.29. The lowest BCUT2D eigenvalue weighted by atomic mass is 10.2. The standard InChI is InChI=1S/C18H16FN3O2/c1-2-24-17-9-7-15(8-10-17)21-12-13(11-20)18(23)22-16-5-3-14(19)4-6-16/h3-10,12,21H,2H2,1H3,(H,22,23)/b13-12-. The smallest absolute Gasteiger partial charge is 0.267 e. The Morgan fingerprint density at radius 2 is 1.79 bits per heavy atom. The highest BCUT2D eigenvalue weighted by Gasteiger charge is 2.09. The monoisotopic (exact) mass is 325 g/mol. The van der Waals surface area contributed by atoms with Gasteiger partial charge in [-0.1, -0.05) is 0 Å². The Kier molecular flexibility index (Phi) is 5.92. The molecule has 0 heterocycles. The fourth-order valence-electron chi connectivity index (χ4n) is 1.85. The molecule has 2 N–H and O–H groups in total. The minimum atomic E-state index is -0.581. The third-order valence-corrected chi connectivity index (χ3v) is 3.02. The van der Waals surface area contributed by atoms with Crippen molar-refractivity contribution in [3.63, 3.8) is 0 Å². The maximum absolute atomic E-state index is 12.8. The zero-order chi connectivity index (χ0) is 17.4. The fourth-order valence-corrected chi connectivity index (χ4v) is 1.85. The van der Waals surface area contributed by atoms with E-state index < -0.39 is 11.7 Å². The van der Waals surface area contributed by atoms with Gasteiger partial charge in [0, 0.05) is 17.6 Å². The van der Waals surface area contributed by atoms with Crippen LogP contribution in [0.1, 0.15) is 6.92 Å². The molecular weight excluding hydrogens is 309 g/mol. The summed E-state index contributed by atoms with van der Waals surface area (Å²) in [7, 11) is 0. The molecule has 0 radical (unpaired) electrons. The van der Waals surface area contributed by atoms with Crippen LogP contribution in [-0.2, 0) is 4.79 Å². The summed E-state index contributed by atoms with van der Waals surface area (Å²) >= 11 is 0. The molecule has 24 heavy (non-hydrogen) atoms. The van der Waals surface area contributed by atoms with E-state index in [4.69, 9.17) is 10.00 Å². The van der Waals surface area contributed by atoms with Gasteiger partial charge in [0.05, 0.1) is 6.61 Å². The van der Waals surface area contributed by atoms with Gasteiger partial charge in [-0.15, -0.1) is 0 Å². The van der Waals surface area contributed by atoms with Crippen LogP contribution < -0.4 is 15.4 Å². The van der Waals surface area contributed by atoms with Gasteiger partial charge in [0.15, 0.2) is 0 Å². The number of halogens is 1. The number of anilines is 2. The largest absolute Gasteiger partial charge is 0.494 e. The minimum absolute atomic E-state index is 0.104. The van der Waals surface area contributed by atoms with Crippen molar-refractivity contribution in [1.29, 1.82) is 5.26 Å². The van der Waals surface area contributed by atoms with Crippen molar-refractivity contribution in [2.24, 2.45) is 0 Å². The number of ether oxygens (including phenoxy) is 1. The maximum Gasteiger partial charge on any atom is 0.267 e.